The molecule has 0 atom stereocenters. The highest BCUT2D eigenvalue weighted by molar-refractivity contribution is 7.89. The highest BCUT2D eigenvalue weighted by atomic mass is 32.2. The van der Waals surface area contributed by atoms with Crippen molar-refractivity contribution >= 4 is 10.0 Å². The largest absolute Gasteiger partial charge is 0.360 e. The van der Waals surface area contributed by atoms with E-state index in [0.29, 0.717) is 24.5 Å². The van der Waals surface area contributed by atoms with E-state index in [0.717, 1.165) is 19.6 Å². The molecule has 1 aromatic heterocycles. The molecule has 0 bridgehead atoms. The first kappa shape index (κ1) is 19.1. The van der Waals surface area contributed by atoms with Crippen LogP contribution in [-0.2, 0) is 16.6 Å². The summed E-state index contributed by atoms with van der Waals surface area (Å²) >= 11 is 0. The first-order chi connectivity index (χ1) is 12.2. The molecule has 1 aliphatic rings. The van der Waals surface area contributed by atoms with Crippen molar-refractivity contribution in [1.82, 2.24) is 14.4 Å². The van der Waals surface area contributed by atoms with E-state index in [9.17, 15) is 8.42 Å². The van der Waals surface area contributed by atoms with Crippen molar-refractivity contribution < 1.29 is 12.9 Å². The minimum Gasteiger partial charge on any atom is -0.360 e. The zero-order valence-electron chi connectivity index (χ0n) is 16.2. The van der Waals surface area contributed by atoms with Crippen molar-refractivity contribution in [2.24, 2.45) is 0 Å². The van der Waals surface area contributed by atoms with Crippen LogP contribution in [0.15, 0.2) is 21.6 Å². The lowest BCUT2D eigenvalue weighted by Gasteiger charge is -2.34. The molecule has 0 amide bonds. The molecule has 1 fully saturated rings. The van der Waals surface area contributed by atoms with Gasteiger partial charge in [-0.3, -0.25) is 4.90 Å². The number of nitrogens with zero attached hydrogens (tertiary/aromatic N) is 3. The van der Waals surface area contributed by atoms with Crippen molar-refractivity contribution in [3.8, 4) is 0 Å². The maximum Gasteiger partial charge on any atom is 0.248 e. The Morgan fingerprint density at radius 3 is 2.08 bits per heavy atom. The molecule has 6 nitrogen and oxygen atoms in total. The fraction of sp³-hybridized carbons (Fsp3) is 0.526. The normalized spacial score (nSPS) is 17.0. The summed E-state index contributed by atoms with van der Waals surface area (Å²) in [5, 5.41) is 3.78. The van der Waals surface area contributed by atoms with Gasteiger partial charge in [0.05, 0.1) is 0 Å². The van der Waals surface area contributed by atoms with Gasteiger partial charge < -0.3 is 4.52 Å². The summed E-state index contributed by atoms with van der Waals surface area (Å²) in [5.41, 5.74) is 5.65. The number of hydrogen-bond donors (Lipinski definition) is 0. The zero-order chi connectivity index (χ0) is 19.1. The first-order valence-electron chi connectivity index (χ1n) is 8.92. The third-order valence-electron chi connectivity index (χ3n) is 5.12. The lowest BCUT2D eigenvalue weighted by molar-refractivity contribution is 0.181. The molecule has 142 valence electrons. The van der Waals surface area contributed by atoms with Crippen LogP contribution in [0, 0.1) is 34.6 Å². The van der Waals surface area contributed by atoms with Crippen molar-refractivity contribution in [3.05, 3.63) is 45.8 Å². The van der Waals surface area contributed by atoms with Gasteiger partial charge in [0.15, 0.2) is 5.76 Å². The fourth-order valence-electron chi connectivity index (χ4n) is 3.78. The van der Waals surface area contributed by atoms with Gasteiger partial charge in [-0.25, -0.2) is 8.42 Å². The van der Waals surface area contributed by atoms with Gasteiger partial charge in [0.2, 0.25) is 10.0 Å². The average molecular weight is 378 g/mol. The number of piperazine rings is 1. The highest BCUT2D eigenvalue weighted by Gasteiger charge is 2.33. The third kappa shape index (κ3) is 3.56. The Labute approximate surface area is 155 Å². The highest BCUT2D eigenvalue weighted by Crippen LogP contribution is 2.25. The molecule has 3 rings (SSSR count). The molecule has 0 spiro atoms. The van der Waals surface area contributed by atoms with E-state index in [1.165, 1.54) is 22.3 Å². The second-order valence-corrected chi connectivity index (χ2v) is 9.09. The average Bonchev–Trinajstić information content (AvgIpc) is 2.90. The van der Waals surface area contributed by atoms with E-state index in [1.807, 2.05) is 0 Å². The van der Waals surface area contributed by atoms with Crippen molar-refractivity contribution in [2.45, 2.75) is 46.1 Å². The predicted octanol–water partition coefficient (Wildman–Crippen LogP) is 2.72. The van der Waals surface area contributed by atoms with Gasteiger partial charge in [-0.05, 0) is 51.3 Å². The number of benzene rings is 1. The van der Waals surface area contributed by atoms with Crippen LogP contribution >= 0.6 is 0 Å². The smallest absolute Gasteiger partial charge is 0.248 e. The molecule has 2 aromatic rings. The van der Waals surface area contributed by atoms with Gasteiger partial charge in [-0.2, -0.15) is 4.31 Å². The van der Waals surface area contributed by atoms with E-state index >= 15 is 0 Å². The molecular weight excluding hydrogens is 350 g/mol. The zero-order valence-corrected chi connectivity index (χ0v) is 17.0. The molecule has 1 aliphatic heterocycles. The Bertz CT molecular complexity index is 868. The second kappa shape index (κ2) is 7.13. The van der Waals surface area contributed by atoms with Crippen LogP contribution in [0.2, 0.25) is 0 Å². The quantitative estimate of drug-likeness (QED) is 0.820. The monoisotopic (exact) mass is 377 g/mol. The first-order valence-corrected chi connectivity index (χ1v) is 10.4. The number of aryl methyl sites for hydroxylation is 5. The SMILES string of the molecule is Cc1cc(C)c(CN2CCN(S(=O)(=O)c3c(C)noc3C)CC2)c(C)c1. The maximum atomic E-state index is 12.9. The Morgan fingerprint density at radius 2 is 1.58 bits per heavy atom. The predicted molar refractivity (Wildman–Crippen MR) is 101 cm³/mol. The minimum atomic E-state index is -3.55. The second-order valence-electron chi connectivity index (χ2n) is 7.21. The summed E-state index contributed by atoms with van der Waals surface area (Å²) in [6.07, 6.45) is 0. The minimum absolute atomic E-state index is 0.219. The Morgan fingerprint density at radius 1 is 1.00 bits per heavy atom. The molecule has 1 aromatic carbocycles. The standard InChI is InChI=1S/C19H27N3O3S/c1-13-10-14(2)18(15(3)11-13)12-21-6-8-22(9-7-21)26(23,24)19-16(4)20-25-17(19)5/h10-11H,6-9,12H2,1-5H3. The number of sulfonamides is 1. The van der Waals surface area contributed by atoms with Crippen molar-refractivity contribution in [2.75, 3.05) is 26.2 Å². The molecule has 7 heteroatoms. The molecule has 0 unspecified atom stereocenters. The van der Waals surface area contributed by atoms with E-state index in [4.69, 9.17) is 4.52 Å². The van der Waals surface area contributed by atoms with E-state index < -0.39 is 10.0 Å². The van der Waals surface area contributed by atoms with Gasteiger partial charge in [-0.1, -0.05) is 22.9 Å². The van der Waals surface area contributed by atoms with Crippen LogP contribution in [0.25, 0.3) is 0 Å². The molecule has 2 heterocycles. The Balaban J connectivity index is 1.70. The van der Waals surface area contributed by atoms with Crippen molar-refractivity contribution in [3.63, 3.8) is 0 Å². The van der Waals surface area contributed by atoms with Gasteiger partial charge in [0.1, 0.15) is 10.6 Å². The number of hydrogen-bond acceptors (Lipinski definition) is 5. The van der Waals surface area contributed by atoms with E-state index in [2.05, 4.69) is 43.0 Å². The van der Waals surface area contributed by atoms with Gasteiger partial charge in [0.25, 0.3) is 0 Å². The van der Waals surface area contributed by atoms with Crippen LogP contribution in [0.1, 0.15) is 33.7 Å². The number of aromatic nitrogens is 1. The Hall–Kier alpha value is -1.70. The number of rotatable bonds is 4. The summed E-state index contributed by atoms with van der Waals surface area (Å²) in [4.78, 5) is 2.54. The van der Waals surface area contributed by atoms with Gasteiger partial charge in [0, 0.05) is 32.7 Å². The van der Waals surface area contributed by atoms with Crippen LogP contribution in [0.3, 0.4) is 0 Å². The third-order valence-corrected chi connectivity index (χ3v) is 7.26. The van der Waals surface area contributed by atoms with E-state index in [1.54, 1.807) is 18.2 Å². The molecule has 0 saturated carbocycles. The summed E-state index contributed by atoms with van der Waals surface area (Å²) in [7, 11) is -3.55. The Kier molecular flexibility index (Phi) is 5.23. The molecular formula is C19H27N3O3S. The van der Waals surface area contributed by atoms with Gasteiger partial charge in [-0.15, -0.1) is 0 Å². The molecule has 0 aliphatic carbocycles. The van der Waals surface area contributed by atoms with Crippen LogP contribution < -0.4 is 0 Å². The molecule has 1 saturated heterocycles. The summed E-state index contributed by atoms with van der Waals surface area (Å²) in [6.45, 7) is 13.0. The molecule has 0 N–H and O–H groups in total. The fourth-order valence-corrected chi connectivity index (χ4v) is 5.50. The van der Waals surface area contributed by atoms with Crippen molar-refractivity contribution in [1.29, 1.82) is 0 Å². The topological polar surface area (TPSA) is 66.7 Å². The van der Waals surface area contributed by atoms with Gasteiger partial charge >= 0.3 is 0 Å². The van der Waals surface area contributed by atoms with E-state index in [-0.39, 0.29) is 4.90 Å². The van der Waals surface area contributed by atoms with Crippen LogP contribution in [-0.4, -0.2) is 49.0 Å². The lowest BCUT2D eigenvalue weighted by atomic mass is 9.99. The van der Waals surface area contributed by atoms with Crippen LogP contribution in [0.4, 0.5) is 0 Å². The molecule has 0 radical (unpaired) electrons. The lowest BCUT2D eigenvalue weighted by Crippen LogP contribution is -2.48. The summed E-state index contributed by atoms with van der Waals surface area (Å²) < 4.78 is 32.4. The summed E-state index contributed by atoms with van der Waals surface area (Å²) in [5.74, 6) is 0.357. The summed E-state index contributed by atoms with van der Waals surface area (Å²) in [6, 6.07) is 4.42. The molecule has 26 heavy (non-hydrogen) atoms. The van der Waals surface area contributed by atoms with Crippen LogP contribution in [0.5, 0.6) is 0 Å². The maximum absolute atomic E-state index is 12.9.